The lowest BCUT2D eigenvalue weighted by Gasteiger charge is -2.20. The Morgan fingerprint density at radius 3 is 2.50 bits per heavy atom. The molecule has 0 bridgehead atoms. The van der Waals surface area contributed by atoms with Crippen LogP contribution in [0.5, 0.6) is 0 Å². The fourth-order valence-electron chi connectivity index (χ4n) is 0.756. The molecule has 0 aromatic carbocycles. The Hall–Kier alpha value is -1.87. The van der Waals surface area contributed by atoms with E-state index in [4.69, 9.17) is 0 Å². The topological polar surface area (TPSA) is 66.5 Å². The number of likely N-dealkylation sites (N-methyl/N-ethyl adjacent to an activating group) is 1. The summed E-state index contributed by atoms with van der Waals surface area (Å²) in [6.45, 7) is 3.16. The molecule has 0 unspecified atom stereocenters. The highest BCUT2D eigenvalue weighted by atomic mass is 16.2. The van der Waals surface area contributed by atoms with Gasteiger partial charge in [-0.05, 0) is 0 Å². The van der Waals surface area contributed by atoms with Gasteiger partial charge in [0.2, 0.25) is 0 Å². The lowest BCUT2D eigenvalue weighted by Crippen LogP contribution is -2.52. The van der Waals surface area contributed by atoms with E-state index in [1.165, 1.54) is 7.05 Å². The monoisotopic (exact) mass is 166 g/mol. The molecule has 0 spiro atoms. The molecule has 0 atom stereocenters. The van der Waals surface area contributed by atoms with E-state index in [0.717, 1.165) is 4.90 Å². The van der Waals surface area contributed by atoms with Crippen LogP contribution in [0.25, 0.3) is 0 Å². The highest BCUT2D eigenvalue weighted by Crippen LogP contribution is 2.04. The van der Waals surface area contributed by atoms with Gasteiger partial charge >= 0.3 is 6.03 Å². The fraction of sp³-hybridized carbons (Fsp3) is 0.143. The van der Waals surface area contributed by atoms with E-state index in [2.05, 4.69) is 12.3 Å². The Balaban J connectivity index is 3.11. The molecule has 1 aliphatic rings. The van der Waals surface area contributed by atoms with Crippen LogP contribution in [0.4, 0.5) is 4.79 Å². The van der Waals surface area contributed by atoms with Crippen molar-refractivity contribution in [3.05, 3.63) is 17.9 Å². The standard InChI is InChI=1S/C7H6N2O3/c1-3-4-5(10)8-7(12)9(2)6(4)11/h1H2,2H3,(H,8,10,12). The summed E-state index contributed by atoms with van der Waals surface area (Å²) in [7, 11) is 1.27. The summed E-state index contributed by atoms with van der Waals surface area (Å²) in [5.41, 5.74) is 1.93. The maximum Gasteiger partial charge on any atom is 0.331 e. The van der Waals surface area contributed by atoms with E-state index < -0.39 is 17.8 Å². The summed E-state index contributed by atoms with van der Waals surface area (Å²) in [5, 5.41) is 1.95. The van der Waals surface area contributed by atoms with Crippen molar-refractivity contribution in [3.8, 4) is 0 Å². The van der Waals surface area contributed by atoms with Crippen LogP contribution < -0.4 is 5.32 Å². The zero-order valence-electron chi connectivity index (χ0n) is 6.38. The quantitative estimate of drug-likeness (QED) is 0.297. The Morgan fingerprint density at radius 2 is 2.00 bits per heavy atom. The van der Waals surface area contributed by atoms with Gasteiger partial charge in [0, 0.05) is 7.05 Å². The number of hydrogen-bond acceptors (Lipinski definition) is 3. The van der Waals surface area contributed by atoms with Gasteiger partial charge in [-0.25, -0.2) is 4.79 Å². The highest BCUT2D eigenvalue weighted by Gasteiger charge is 2.32. The molecule has 0 saturated carbocycles. The van der Waals surface area contributed by atoms with E-state index in [1.54, 1.807) is 0 Å². The van der Waals surface area contributed by atoms with Gasteiger partial charge in [0.15, 0.2) is 0 Å². The zero-order valence-corrected chi connectivity index (χ0v) is 6.38. The SMILES string of the molecule is C=C=C1C(=O)NC(=O)N(C)C1=O. The number of rotatable bonds is 0. The summed E-state index contributed by atoms with van der Waals surface area (Å²) >= 11 is 0. The molecule has 0 radical (unpaired) electrons. The smallest absolute Gasteiger partial charge is 0.273 e. The van der Waals surface area contributed by atoms with Crippen molar-refractivity contribution in [1.29, 1.82) is 0 Å². The number of carbonyl (C=O) groups excluding carboxylic acids is 3. The van der Waals surface area contributed by atoms with Crippen molar-refractivity contribution in [2.24, 2.45) is 0 Å². The van der Waals surface area contributed by atoms with Crippen molar-refractivity contribution < 1.29 is 14.4 Å². The second-order valence-corrected chi connectivity index (χ2v) is 2.18. The fourth-order valence-corrected chi connectivity index (χ4v) is 0.756. The number of carbonyl (C=O) groups is 3. The Bertz CT molecular complexity index is 326. The van der Waals surface area contributed by atoms with Gasteiger partial charge in [0.1, 0.15) is 5.57 Å². The molecule has 1 rings (SSSR count). The summed E-state index contributed by atoms with van der Waals surface area (Å²) < 4.78 is 0. The lowest BCUT2D eigenvalue weighted by atomic mass is 10.2. The number of barbiturate groups is 1. The van der Waals surface area contributed by atoms with E-state index in [-0.39, 0.29) is 5.57 Å². The largest absolute Gasteiger partial charge is 0.331 e. The summed E-state index contributed by atoms with van der Waals surface area (Å²) in [6, 6.07) is -0.732. The third-order valence-electron chi connectivity index (χ3n) is 1.45. The molecule has 62 valence electrons. The minimum Gasteiger partial charge on any atom is -0.273 e. The molecule has 5 nitrogen and oxygen atoms in total. The molecule has 1 aliphatic heterocycles. The number of nitrogens with one attached hydrogen (secondary N) is 1. The lowest BCUT2D eigenvalue weighted by molar-refractivity contribution is -0.129. The molecule has 5 heteroatoms. The zero-order chi connectivity index (χ0) is 9.30. The molecular weight excluding hydrogens is 160 g/mol. The number of hydrogen-bond donors (Lipinski definition) is 1. The van der Waals surface area contributed by atoms with Crippen molar-refractivity contribution in [2.45, 2.75) is 0 Å². The third-order valence-corrected chi connectivity index (χ3v) is 1.45. The highest BCUT2D eigenvalue weighted by molar-refractivity contribution is 6.28. The van der Waals surface area contributed by atoms with E-state index in [0.29, 0.717) is 0 Å². The molecule has 1 N–H and O–H groups in total. The minimum absolute atomic E-state index is 0.239. The number of amides is 4. The first-order valence-corrected chi connectivity index (χ1v) is 3.11. The van der Waals surface area contributed by atoms with Crippen molar-refractivity contribution in [1.82, 2.24) is 10.2 Å². The predicted molar refractivity (Wildman–Crippen MR) is 39.0 cm³/mol. The van der Waals surface area contributed by atoms with Crippen LogP contribution in [-0.4, -0.2) is 29.8 Å². The molecule has 0 aromatic rings. The summed E-state index contributed by atoms with van der Waals surface area (Å²) in [6.07, 6.45) is 0. The van der Waals surface area contributed by atoms with Crippen molar-refractivity contribution in [3.63, 3.8) is 0 Å². The average Bonchev–Trinajstić information content (AvgIpc) is 2.01. The van der Waals surface area contributed by atoms with Gasteiger partial charge in [-0.2, -0.15) is 0 Å². The van der Waals surface area contributed by atoms with Crippen LogP contribution in [0.15, 0.2) is 17.9 Å². The Morgan fingerprint density at radius 1 is 1.42 bits per heavy atom. The molecule has 0 aliphatic carbocycles. The van der Waals surface area contributed by atoms with Gasteiger partial charge < -0.3 is 0 Å². The van der Waals surface area contributed by atoms with E-state index in [9.17, 15) is 14.4 Å². The maximum absolute atomic E-state index is 11.1. The normalized spacial score (nSPS) is 17.6. The molecule has 1 fully saturated rings. The van der Waals surface area contributed by atoms with E-state index in [1.807, 2.05) is 5.32 Å². The second kappa shape index (κ2) is 2.64. The van der Waals surface area contributed by atoms with Crippen LogP contribution in [0.2, 0.25) is 0 Å². The molecule has 1 heterocycles. The van der Waals surface area contributed by atoms with Crippen molar-refractivity contribution >= 4 is 17.8 Å². The minimum atomic E-state index is -0.752. The van der Waals surface area contributed by atoms with Gasteiger partial charge in [0.25, 0.3) is 11.8 Å². The molecule has 12 heavy (non-hydrogen) atoms. The predicted octanol–water partition coefficient (Wildman–Crippen LogP) is -0.594. The summed E-state index contributed by atoms with van der Waals surface area (Å²) in [5.74, 6) is -1.43. The maximum atomic E-state index is 11.1. The molecular formula is C7H6N2O3. The number of imide groups is 2. The first kappa shape index (κ1) is 8.23. The molecule has 1 saturated heterocycles. The van der Waals surface area contributed by atoms with Gasteiger partial charge in [0.05, 0.1) is 0 Å². The second-order valence-electron chi connectivity index (χ2n) is 2.18. The Kier molecular flexibility index (Phi) is 1.81. The average molecular weight is 166 g/mol. The third kappa shape index (κ3) is 1.02. The van der Waals surface area contributed by atoms with Crippen LogP contribution in [-0.2, 0) is 9.59 Å². The van der Waals surface area contributed by atoms with Crippen LogP contribution in [0, 0.1) is 0 Å². The van der Waals surface area contributed by atoms with E-state index >= 15 is 0 Å². The van der Waals surface area contributed by atoms with Crippen LogP contribution >= 0.6 is 0 Å². The number of nitrogens with zero attached hydrogens (tertiary/aromatic N) is 1. The summed E-state index contributed by atoms with van der Waals surface area (Å²) in [4.78, 5) is 33.5. The first-order valence-electron chi connectivity index (χ1n) is 3.11. The number of urea groups is 1. The van der Waals surface area contributed by atoms with Crippen LogP contribution in [0.3, 0.4) is 0 Å². The van der Waals surface area contributed by atoms with Gasteiger partial charge in [-0.15, -0.1) is 5.73 Å². The molecule has 0 aromatic heterocycles. The Labute approximate surface area is 68.3 Å². The molecule has 4 amide bonds. The van der Waals surface area contributed by atoms with Gasteiger partial charge in [-0.3, -0.25) is 19.8 Å². The first-order chi connectivity index (χ1) is 5.57. The van der Waals surface area contributed by atoms with Gasteiger partial charge in [-0.1, -0.05) is 6.58 Å². The van der Waals surface area contributed by atoms with Crippen molar-refractivity contribution in [2.75, 3.05) is 7.05 Å². The van der Waals surface area contributed by atoms with Crippen LogP contribution in [0.1, 0.15) is 0 Å².